The molecule has 0 aliphatic carbocycles. The smallest absolute Gasteiger partial charge is 0.302 e. The summed E-state index contributed by atoms with van der Waals surface area (Å²) in [4.78, 5) is -0.473. The highest BCUT2D eigenvalue weighted by Gasteiger charge is 2.27. The van der Waals surface area contributed by atoms with E-state index in [1.54, 1.807) is 0 Å². The zero-order valence-electron chi connectivity index (χ0n) is 10.3. The number of alkyl halides is 3. The Morgan fingerprint density at radius 1 is 1.32 bits per heavy atom. The minimum Gasteiger partial charge on any atom is -0.302 e. The van der Waals surface area contributed by atoms with Crippen LogP contribution in [-0.4, -0.2) is 27.4 Å². The van der Waals surface area contributed by atoms with Gasteiger partial charge in [-0.05, 0) is 24.6 Å². The standard InChI is InChI=1S/C11H13F4NO2S/c1-7(16-6-11(13,14)15)8-3-4-10(9(12)5-8)19(2,17)18/h3-5,7,16H,6H2,1-2H3/t7-/m0/s1. The molecule has 1 rings (SSSR count). The maximum Gasteiger partial charge on any atom is 0.401 e. The second-order valence-corrected chi connectivity index (χ2v) is 6.16. The van der Waals surface area contributed by atoms with Gasteiger partial charge >= 0.3 is 6.18 Å². The van der Waals surface area contributed by atoms with Gasteiger partial charge in [0.2, 0.25) is 0 Å². The van der Waals surface area contributed by atoms with Crippen LogP contribution in [-0.2, 0) is 9.84 Å². The highest BCUT2D eigenvalue weighted by Crippen LogP contribution is 2.21. The summed E-state index contributed by atoms with van der Waals surface area (Å²) in [5.74, 6) is -0.972. The number of halogens is 4. The molecule has 8 heteroatoms. The number of hydrogen-bond acceptors (Lipinski definition) is 3. The van der Waals surface area contributed by atoms with E-state index in [2.05, 4.69) is 5.32 Å². The Morgan fingerprint density at radius 3 is 2.32 bits per heavy atom. The molecule has 0 bridgehead atoms. The minimum atomic E-state index is -4.36. The molecule has 3 nitrogen and oxygen atoms in total. The summed E-state index contributed by atoms with van der Waals surface area (Å²) in [6.45, 7) is 0.226. The lowest BCUT2D eigenvalue weighted by molar-refractivity contribution is -0.126. The zero-order valence-corrected chi connectivity index (χ0v) is 11.1. The van der Waals surface area contributed by atoms with Crippen LogP contribution in [0.3, 0.4) is 0 Å². The SMILES string of the molecule is C[C@H](NCC(F)(F)F)c1ccc(S(C)(=O)=O)c(F)c1. The number of sulfone groups is 1. The van der Waals surface area contributed by atoms with Gasteiger partial charge < -0.3 is 5.32 Å². The van der Waals surface area contributed by atoms with Gasteiger partial charge in [-0.25, -0.2) is 12.8 Å². The summed E-state index contributed by atoms with van der Waals surface area (Å²) in [5, 5.41) is 2.18. The number of nitrogens with one attached hydrogen (secondary N) is 1. The lowest BCUT2D eigenvalue weighted by Crippen LogP contribution is -2.30. The average molecular weight is 299 g/mol. The van der Waals surface area contributed by atoms with Gasteiger partial charge in [0.05, 0.1) is 6.54 Å². The molecule has 0 amide bonds. The molecule has 0 spiro atoms. The Balaban J connectivity index is 2.90. The lowest BCUT2D eigenvalue weighted by atomic mass is 10.1. The molecule has 0 aliphatic heterocycles. The Hall–Kier alpha value is -1.15. The normalized spacial score (nSPS) is 14.4. The topological polar surface area (TPSA) is 46.2 Å². The molecule has 0 saturated heterocycles. The van der Waals surface area contributed by atoms with Crippen molar-refractivity contribution in [3.63, 3.8) is 0 Å². The highest BCUT2D eigenvalue weighted by atomic mass is 32.2. The number of hydrogen-bond donors (Lipinski definition) is 1. The third-order valence-corrected chi connectivity index (χ3v) is 3.59. The molecule has 0 radical (unpaired) electrons. The first-order valence-electron chi connectivity index (χ1n) is 5.30. The molecule has 0 unspecified atom stereocenters. The van der Waals surface area contributed by atoms with Gasteiger partial charge in [0, 0.05) is 12.3 Å². The van der Waals surface area contributed by atoms with Crippen molar-refractivity contribution in [3.8, 4) is 0 Å². The molecule has 1 aromatic carbocycles. The quantitative estimate of drug-likeness (QED) is 0.869. The largest absolute Gasteiger partial charge is 0.401 e. The molecule has 0 heterocycles. The van der Waals surface area contributed by atoms with Crippen molar-refractivity contribution in [1.82, 2.24) is 5.32 Å². The first kappa shape index (κ1) is 15.9. The minimum absolute atomic E-state index is 0.245. The van der Waals surface area contributed by atoms with E-state index in [4.69, 9.17) is 0 Å². The molecule has 0 fully saturated rings. The Labute approximate surface area is 108 Å². The van der Waals surface area contributed by atoms with Crippen LogP contribution >= 0.6 is 0 Å². The molecule has 1 N–H and O–H groups in total. The van der Waals surface area contributed by atoms with Gasteiger partial charge in [0.15, 0.2) is 9.84 Å². The van der Waals surface area contributed by atoms with Gasteiger partial charge in [-0.1, -0.05) is 6.07 Å². The summed E-state index contributed by atoms with van der Waals surface area (Å²) in [6.07, 6.45) is -3.50. The molecule has 19 heavy (non-hydrogen) atoms. The fourth-order valence-corrected chi connectivity index (χ4v) is 2.20. The summed E-state index contributed by atoms with van der Waals surface area (Å²) in [5.41, 5.74) is 0.245. The van der Waals surface area contributed by atoms with Crippen LogP contribution in [0.15, 0.2) is 23.1 Å². The van der Waals surface area contributed by atoms with Crippen LogP contribution < -0.4 is 5.32 Å². The predicted molar refractivity (Wildman–Crippen MR) is 62.0 cm³/mol. The van der Waals surface area contributed by atoms with E-state index < -0.39 is 39.3 Å². The van der Waals surface area contributed by atoms with E-state index in [0.717, 1.165) is 18.4 Å². The van der Waals surface area contributed by atoms with E-state index in [9.17, 15) is 26.0 Å². The van der Waals surface area contributed by atoms with Gasteiger partial charge in [0.1, 0.15) is 10.7 Å². The predicted octanol–water partition coefficient (Wildman–Crippen LogP) is 2.44. The van der Waals surface area contributed by atoms with E-state index >= 15 is 0 Å². The van der Waals surface area contributed by atoms with E-state index in [1.165, 1.54) is 13.0 Å². The third-order valence-electron chi connectivity index (χ3n) is 2.46. The van der Waals surface area contributed by atoms with Crippen LogP contribution in [0.1, 0.15) is 18.5 Å². The molecule has 0 saturated carbocycles. The fourth-order valence-electron chi connectivity index (χ4n) is 1.47. The highest BCUT2D eigenvalue weighted by molar-refractivity contribution is 7.90. The third kappa shape index (κ3) is 4.79. The monoisotopic (exact) mass is 299 g/mol. The van der Waals surface area contributed by atoms with E-state index in [-0.39, 0.29) is 5.56 Å². The Kier molecular flexibility index (Phi) is 4.57. The van der Waals surface area contributed by atoms with Crippen LogP contribution in [0.5, 0.6) is 0 Å². The molecular weight excluding hydrogens is 286 g/mol. The van der Waals surface area contributed by atoms with Gasteiger partial charge in [-0.2, -0.15) is 13.2 Å². The van der Waals surface area contributed by atoms with Gasteiger partial charge in [0.25, 0.3) is 0 Å². The Bertz CT molecular complexity index is 554. The molecular formula is C11H13F4NO2S. The average Bonchev–Trinajstić information content (AvgIpc) is 2.22. The van der Waals surface area contributed by atoms with Crippen LogP contribution in [0.4, 0.5) is 17.6 Å². The molecule has 1 atom stereocenters. The van der Waals surface area contributed by atoms with Crippen molar-refractivity contribution in [1.29, 1.82) is 0 Å². The van der Waals surface area contributed by atoms with Crippen molar-refractivity contribution in [2.45, 2.75) is 24.0 Å². The second-order valence-electron chi connectivity index (χ2n) is 4.18. The van der Waals surface area contributed by atoms with E-state index in [1.807, 2.05) is 0 Å². The molecule has 0 aliphatic rings. The van der Waals surface area contributed by atoms with Gasteiger partial charge in [-0.3, -0.25) is 0 Å². The summed E-state index contributed by atoms with van der Waals surface area (Å²) >= 11 is 0. The summed E-state index contributed by atoms with van der Waals surface area (Å²) in [6, 6.07) is 2.51. The number of rotatable bonds is 4. The van der Waals surface area contributed by atoms with Crippen molar-refractivity contribution < 1.29 is 26.0 Å². The van der Waals surface area contributed by atoms with Crippen LogP contribution in [0, 0.1) is 5.82 Å². The Morgan fingerprint density at radius 2 is 1.89 bits per heavy atom. The molecule has 0 aromatic heterocycles. The summed E-state index contributed by atoms with van der Waals surface area (Å²) < 4.78 is 72.0. The maximum absolute atomic E-state index is 13.6. The lowest BCUT2D eigenvalue weighted by Gasteiger charge is -2.16. The first-order valence-corrected chi connectivity index (χ1v) is 7.19. The van der Waals surface area contributed by atoms with Crippen molar-refractivity contribution >= 4 is 9.84 Å². The zero-order chi connectivity index (χ0) is 14.8. The first-order chi connectivity index (χ1) is 8.50. The van der Waals surface area contributed by atoms with E-state index in [0.29, 0.717) is 0 Å². The van der Waals surface area contributed by atoms with Crippen LogP contribution in [0.25, 0.3) is 0 Å². The molecule has 108 valence electrons. The van der Waals surface area contributed by atoms with Crippen molar-refractivity contribution in [2.24, 2.45) is 0 Å². The van der Waals surface area contributed by atoms with Crippen molar-refractivity contribution in [2.75, 3.05) is 12.8 Å². The molecule has 1 aromatic rings. The second kappa shape index (κ2) is 5.46. The summed E-state index contributed by atoms with van der Waals surface area (Å²) in [7, 11) is -3.69. The maximum atomic E-state index is 13.6. The fraction of sp³-hybridized carbons (Fsp3) is 0.455. The van der Waals surface area contributed by atoms with Crippen LogP contribution in [0.2, 0.25) is 0 Å². The van der Waals surface area contributed by atoms with Gasteiger partial charge in [-0.15, -0.1) is 0 Å². The van der Waals surface area contributed by atoms with Crippen molar-refractivity contribution in [3.05, 3.63) is 29.6 Å². The number of benzene rings is 1.